The number of hydrogen-bond donors (Lipinski definition) is 0. The third-order valence-electron chi connectivity index (χ3n) is 5.44. The van der Waals surface area contributed by atoms with Crippen LogP contribution < -0.4 is 0 Å². The summed E-state index contributed by atoms with van der Waals surface area (Å²) in [6.45, 7) is 8.98. The van der Waals surface area contributed by atoms with Crippen LogP contribution in [0, 0.1) is 0 Å². The Morgan fingerprint density at radius 2 is 1.92 bits per heavy atom. The highest BCUT2D eigenvalue weighted by Gasteiger charge is 2.43. The lowest BCUT2D eigenvalue weighted by Crippen LogP contribution is -2.46. The highest BCUT2D eigenvalue weighted by molar-refractivity contribution is 5.04. The average molecular weight is 347 g/mol. The molecule has 0 N–H and O–H groups in total. The monoisotopic (exact) mass is 347 g/mol. The third-order valence-corrected chi connectivity index (χ3v) is 5.44. The van der Waals surface area contributed by atoms with E-state index in [2.05, 4.69) is 26.9 Å². The highest BCUT2D eigenvalue weighted by Crippen LogP contribution is 2.33. The van der Waals surface area contributed by atoms with E-state index in [9.17, 15) is 0 Å². The minimum Gasteiger partial charge on any atom is -0.379 e. The van der Waals surface area contributed by atoms with E-state index in [1.807, 2.05) is 12.3 Å². The highest BCUT2D eigenvalue weighted by atomic mass is 16.6. The Hall–Kier alpha value is -1.05. The quantitative estimate of drug-likeness (QED) is 0.815. The number of hydrogen-bond acceptors (Lipinski definition) is 6. The van der Waals surface area contributed by atoms with Gasteiger partial charge in [-0.2, -0.15) is 0 Å². The summed E-state index contributed by atoms with van der Waals surface area (Å²) in [5, 5.41) is 0. The van der Waals surface area contributed by atoms with Crippen molar-refractivity contribution in [1.82, 2.24) is 14.8 Å². The van der Waals surface area contributed by atoms with Gasteiger partial charge in [-0.05, 0) is 25.0 Å². The molecule has 25 heavy (non-hydrogen) atoms. The van der Waals surface area contributed by atoms with Crippen molar-refractivity contribution in [2.45, 2.75) is 31.1 Å². The molecule has 2 atom stereocenters. The van der Waals surface area contributed by atoms with Crippen LogP contribution in [0.1, 0.15) is 18.5 Å². The molecule has 1 aromatic heterocycles. The molecule has 4 rings (SSSR count). The van der Waals surface area contributed by atoms with Crippen LogP contribution in [0.4, 0.5) is 0 Å². The predicted octanol–water partition coefficient (Wildman–Crippen LogP) is 1.16. The zero-order valence-corrected chi connectivity index (χ0v) is 14.9. The van der Waals surface area contributed by atoms with Gasteiger partial charge < -0.3 is 14.2 Å². The lowest BCUT2D eigenvalue weighted by atomic mass is 10.00. The van der Waals surface area contributed by atoms with Crippen LogP contribution in [0.3, 0.4) is 0 Å². The number of rotatable bonds is 4. The van der Waals surface area contributed by atoms with Gasteiger partial charge in [0, 0.05) is 45.5 Å². The molecular formula is C19H29N3O3. The molecule has 1 spiro atoms. The summed E-state index contributed by atoms with van der Waals surface area (Å²) < 4.78 is 17.9. The Morgan fingerprint density at radius 1 is 1.08 bits per heavy atom. The van der Waals surface area contributed by atoms with Crippen molar-refractivity contribution in [2.75, 3.05) is 59.2 Å². The van der Waals surface area contributed by atoms with Crippen molar-refractivity contribution >= 4 is 0 Å². The van der Waals surface area contributed by atoms with Gasteiger partial charge >= 0.3 is 0 Å². The van der Waals surface area contributed by atoms with Gasteiger partial charge in [0.2, 0.25) is 0 Å². The van der Waals surface area contributed by atoms with E-state index in [1.54, 1.807) is 0 Å². The van der Waals surface area contributed by atoms with E-state index in [0.717, 1.165) is 77.6 Å². The van der Waals surface area contributed by atoms with E-state index in [1.165, 1.54) is 0 Å². The molecule has 6 nitrogen and oxygen atoms in total. The first-order chi connectivity index (χ1) is 12.3. The van der Waals surface area contributed by atoms with E-state index < -0.39 is 0 Å². The average Bonchev–Trinajstić information content (AvgIpc) is 2.91. The lowest BCUT2D eigenvalue weighted by Gasteiger charge is -2.33. The summed E-state index contributed by atoms with van der Waals surface area (Å²) in [6, 6.07) is 6.11. The topological polar surface area (TPSA) is 47.1 Å². The van der Waals surface area contributed by atoms with E-state index in [0.29, 0.717) is 12.7 Å². The fourth-order valence-corrected chi connectivity index (χ4v) is 4.16. The van der Waals surface area contributed by atoms with Crippen molar-refractivity contribution < 1.29 is 14.2 Å². The van der Waals surface area contributed by atoms with Crippen LogP contribution in [-0.2, 0) is 20.8 Å². The first kappa shape index (κ1) is 17.4. The van der Waals surface area contributed by atoms with Crippen molar-refractivity contribution in [3.8, 4) is 0 Å². The standard InChI is InChI=1S/C19H29N3O3/c1-2-6-20-17(3-1)13-22-9-12-24-16-19(15-22)5-4-18(25-19)14-21-7-10-23-11-8-21/h1-3,6,18H,4-5,7-16H2. The Morgan fingerprint density at radius 3 is 2.76 bits per heavy atom. The molecule has 0 radical (unpaired) electrons. The smallest absolute Gasteiger partial charge is 0.105 e. The molecule has 0 amide bonds. The van der Waals surface area contributed by atoms with Gasteiger partial charge in [0.1, 0.15) is 5.60 Å². The van der Waals surface area contributed by atoms with Crippen LogP contribution in [-0.4, -0.2) is 85.6 Å². The zero-order chi connectivity index (χ0) is 17.0. The number of nitrogens with zero attached hydrogens (tertiary/aromatic N) is 3. The second-order valence-corrected chi connectivity index (χ2v) is 7.46. The second-order valence-electron chi connectivity index (χ2n) is 7.46. The maximum Gasteiger partial charge on any atom is 0.105 e. The van der Waals surface area contributed by atoms with Crippen LogP contribution in [0.2, 0.25) is 0 Å². The van der Waals surface area contributed by atoms with Gasteiger partial charge in [0.25, 0.3) is 0 Å². The Balaban J connectivity index is 1.35. The molecule has 4 heterocycles. The Labute approximate surface area is 150 Å². The number of ether oxygens (including phenoxy) is 3. The summed E-state index contributed by atoms with van der Waals surface area (Å²) in [6.07, 6.45) is 4.39. The van der Waals surface area contributed by atoms with Crippen LogP contribution in [0.15, 0.2) is 24.4 Å². The van der Waals surface area contributed by atoms with E-state index >= 15 is 0 Å². The second kappa shape index (κ2) is 8.10. The van der Waals surface area contributed by atoms with Crippen molar-refractivity contribution in [3.63, 3.8) is 0 Å². The maximum absolute atomic E-state index is 6.57. The Kier molecular flexibility index (Phi) is 5.63. The van der Waals surface area contributed by atoms with Crippen LogP contribution in [0.5, 0.6) is 0 Å². The summed E-state index contributed by atoms with van der Waals surface area (Å²) in [5.74, 6) is 0. The fourth-order valence-electron chi connectivity index (χ4n) is 4.16. The number of pyridine rings is 1. The summed E-state index contributed by atoms with van der Waals surface area (Å²) in [7, 11) is 0. The lowest BCUT2D eigenvalue weighted by molar-refractivity contribution is -0.0967. The third kappa shape index (κ3) is 4.57. The normalized spacial score (nSPS) is 32.1. The molecule has 3 fully saturated rings. The molecule has 6 heteroatoms. The first-order valence-corrected chi connectivity index (χ1v) is 9.49. The number of aromatic nitrogens is 1. The molecule has 138 valence electrons. The fraction of sp³-hybridized carbons (Fsp3) is 0.737. The summed E-state index contributed by atoms with van der Waals surface area (Å²) in [4.78, 5) is 9.37. The van der Waals surface area contributed by atoms with Crippen molar-refractivity contribution in [3.05, 3.63) is 30.1 Å². The molecule has 1 aromatic rings. The molecule has 3 saturated heterocycles. The van der Waals surface area contributed by atoms with Gasteiger partial charge in [0.15, 0.2) is 0 Å². The minimum atomic E-state index is -0.151. The largest absolute Gasteiger partial charge is 0.379 e. The van der Waals surface area contributed by atoms with Gasteiger partial charge in [-0.25, -0.2) is 0 Å². The predicted molar refractivity (Wildman–Crippen MR) is 94.4 cm³/mol. The zero-order valence-electron chi connectivity index (χ0n) is 14.9. The summed E-state index contributed by atoms with van der Waals surface area (Å²) in [5.41, 5.74) is 0.963. The SMILES string of the molecule is c1ccc(CN2CCOCC3(CCC(CN4CCOCC4)O3)C2)nc1. The molecular weight excluding hydrogens is 318 g/mol. The molecule has 3 aliphatic rings. The van der Waals surface area contributed by atoms with Crippen LogP contribution in [0.25, 0.3) is 0 Å². The van der Waals surface area contributed by atoms with Gasteiger partial charge in [-0.1, -0.05) is 6.07 Å². The molecule has 0 aromatic carbocycles. The Bertz CT molecular complexity index is 538. The molecule has 3 aliphatic heterocycles. The van der Waals surface area contributed by atoms with Gasteiger partial charge in [-0.3, -0.25) is 14.8 Å². The molecule has 0 bridgehead atoms. The van der Waals surface area contributed by atoms with Gasteiger partial charge in [-0.15, -0.1) is 0 Å². The minimum absolute atomic E-state index is 0.151. The van der Waals surface area contributed by atoms with Gasteiger partial charge in [0.05, 0.1) is 38.2 Å². The first-order valence-electron chi connectivity index (χ1n) is 9.49. The van der Waals surface area contributed by atoms with Crippen molar-refractivity contribution in [1.29, 1.82) is 0 Å². The van der Waals surface area contributed by atoms with E-state index in [-0.39, 0.29) is 5.60 Å². The molecule has 0 saturated carbocycles. The maximum atomic E-state index is 6.57. The molecule has 0 aliphatic carbocycles. The van der Waals surface area contributed by atoms with Crippen molar-refractivity contribution in [2.24, 2.45) is 0 Å². The summed E-state index contributed by atoms with van der Waals surface area (Å²) >= 11 is 0. The van der Waals surface area contributed by atoms with E-state index in [4.69, 9.17) is 14.2 Å². The number of morpholine rings is 1. The van der Waals surface area contributed by atoms with Crippen LogP contribution >= 0.6 is 0 Å². The molecule has 2 unspecified atom stereocenters.